The van der Waals surface area contributed by atoms with Gasteiger partial charge in [-0.2, -0.15) is 0 Å². The Bertz CT molecular complexity index is 851. The van der Waals surface area contributed by atoms with E-state index in [-0.39, 0.29) is 16.8 Å². The van der Waals surface area contributed by atoms with Gasteiger partial charge in [-0.3, -0.25) is 4.79 Å². The van der Waals surface area contributed by atoms with Crippen molar-refractivity contribution in [2.75, 3.05) is 30.8 Å². The number of nitrogens with one attached hydrogen (secondary N) is 2. The molecule has 0 spiro atoms. The van der Waals surface area contributed by atoms with Crippen molar-refractivity contribution in [1.29, 1.82) is 0 Å². The van der Waals surface area contributed by atoms with Crippen molar-refractivity contribution in [2.24, 2.45) is 5.92 Å². The van der Waals surface area contributed by atoms with Crippen molar-refractivity contribution in [2.45, 2.75) is 12.8 Å². The molecule has 0 unspecified atom stereocenters. The van der Waals surface area contributed by atoms with Gasteiger partial charge in [0.05, 0.1) is 0 Å². The van der Waals surface area contributed by atoms with Crippen LogP contribution in [0.2, 0.25) is 0 Å². The molecule has 27 heavy (non-hydrogen) atoms. The van der Waals surface area contributed by atoms with Gasteiger partial charge in [-0.25, -0.2) is 8.78 Å². The number of Topliss-reactive ketones (excluding diaryl/α,β-unsaturated/α-hetero) is 1. The first-order chi connectivity index (χ1) is 12.9. The summed E-state index contributed by atoms with van der Waals surface area (Å²) < 4.78 is 26.3. The standard InChI is InChI=1S/C20H21F2N3OS/c1-25-9-7-13(8-10-25)19(26)14-3-2-4-15(11-14)23-20(27)24-16-5-6-17(21)18(22)12-16/h2-6,11-13H,7-10H2,1H3,(H2,23,24,27). The SMILES string of the molecule is CN1CCC(C(=O)c2cccc(NC(=S)Nc3ccc(F)c(F)c3)c2)CC1. The van der Waals surface area contributed by atoms with Gasteiger partial charge in [-0.15, -0.1) is 0 Å². The van der Waals surface area contributed by atoms with Crippen molar-refractivity contribution in [3.8, 4) is 0 Å². The highest BCUT2D eigenvalue weighted by atomic mass is 32.1. The maximum Gasteiger partial charge on any atom is 0.175 e. The number of rotatable bonds is 4. The van der Waals surface area contributed by atoms with E-state index in [4.69, 9.17) is 12.2 Å². The van der Waals surface area contributed by atoms with E-state index in [9.17, 15) is 13.6 Å². The minimum absolute atomic E-state index is 0.0451. The lowest BCUT2D eigenvalue weighted by atomic mass is 9.89. The van der Waals surface area contributed by atoms with Crippen LogP contribution in [0.5, 0.6) is 0 Å². The second-order valence-electron chi connectivity index (χ2n) is 6.73. The van der Waals surface area contributed by atoms with Gasteiger partial charge in [0.15, 0.2) is 22.5 Å². The number of carbonyl (C=O) groups excluding carboxylic acids is 1. The summed E-state index contributed by atoms with van der Waals surface area (Å²) in [5.41, 5.74) is 1.64. The molecule has 1 aliphatic rings. The topological polar surface area (TPSA) is 44.4 Å². The van der Waals surface area contributed by atoms with E-state index >= 15 is 0 Å². The van der Waals surface area contributed by atoms with E-state index in [1.807, 2.05) is 0 Å². The molecular weight excluding hydrogens is 368 g/mol. The summed E-state index contributed by atoms with van der Waals surface area (Å²) in [6.07, 6.45) is 1.73. The quantitative estimate of drug-likeness (QED) is 0.603. The van der Waals surface area contributed by atoms with Gasteiger partial charge in [0.25, 0.3) is 0 Å². The van der Waals surface area contributed by atoms with E-state index in [0.29, 0.717) is 16.9 Å². The third kappa shape index (κ3) is 5.08. The van der Waals surface area contributed by atoms with Crippen LogP contribution in [0.1, 0.15) is 23.2 Å². The number of hydrogen-bond donors (Lipinski definition) is 2. The Morgan fingerprint density at radius 2 is 1.70 bits per heavy atom. The number of anilines is 2. The number of hydrogen-bond acceptors (Lipinski definition) is 3. The number of piperidine rings is 1. The molecule has 0 amide bonds. The summed E-state index contributed by atoms with van der Waals surface area (Å²) in [6, 6.07) is 10.6. The van der Waals surface area contributed by atoms with Gasteiger partial charge in [-0.05, 0) is 69.5 Å². The Balaban J connectivity index is 1.63. The molecule has 1 aliphatic heterocycles. The first-order valence-corrected chi connectivity index (χ1v) is 9.19. The maximum absolute atomic E-state index is 13.3. The Kier molecular flexibility index (Phi) is 6.13. The monoisotopic (exact) mass is 389 g/mol. The van der Waals surface area contributed by atoms with Gasteiger partial charge in [0.1, 0.15) is 0 Å². The minimum atomic E-state index is -0.950. The number of thiocarbonyl (C=S) groups is 1. The van der Waals surface area contributed by atoms with E-state index in [1.54, 1.807) is 24.3 Å². The Labute approximate surface area is 162 Å². The fourth-order valence-electron chi connectivity index (χ4n) is 3.12. The van der Waals surface area contributed by atoms with Crippen LogP contribution in [-0.2, 0) is 0 Å². The van der Waals surface area contributed by atoms with Crippen molar-refractivity contribution in [3.05, 3.63) is 59.7 Å². The highest BCUT2D eigenvalue weighted by molar-refractivity contribution is 7.80. The second-order valence-corrected chi connectivity index (χ2v) is 7.14. The zero-order chi connectivity index (χ0) is 19.4. The van der Waals surface area contributed by atoms with Crippen LogP contribution in [-0.4, -0.2) is 35.9 Å². The van der Waals surface area contributed by atoms with Crippen LogP contribution < -0.4 is 10.6 Å². The smallest absolute Gasteiger partial charge is 0.175 e. The van der Waals surface area contributed by atoms with Crippen molar-refractivity contribution < 1.29 is 13.6 Å². The third-order valence-electron chi connectivity index (χ3n) is 4.67. The molecule has 1 heterocycles. The van der Waals surface area contributed by atoms with Gasteiger partial charge >= 0.3 is 0 Å². The molecule has 0 aromatic heterocycles. The van der Waals surface area contributed by atoms with Crippen molar-refractivity contribution >= 4 is 34.5 Å². The maximum atomic E-state index is 13.3. The first kappa shape index (κ1) is 19.4. The molecule has 3 rings (SSSR count). The van der Waals surface area contributed by atoms with Crippen LogP contribution in [0.3, 0.4) is 0 Å². The molecule has 7 heteroatoms. The molecule has 0 radical (unpaired) electrons. The van der Waals surface area contributed by atoms with Crippen molar-refractivity contribution in [3.63, 3.8) is 0 Å². The molecule has 1 saturated heterocycles. The zero-order valence-electron chi connectivity index (χ0n) is 15.0. The molecule has 1 fully saturated rings. The Hall–Kier alpha value is -2.38. The molecular formula is C20H21F2N3OS. The van der Waals surface area contributed by atoms with E-state index in [0.717, 1.165) is 38.1 Å². The second kappa shape index (κ2) is 8.54. The van der Waals surface area contributed by atoms with Crippen molar-refractivity contribution in [1.82, 2.24) is 4.90 Å². The van der Waals surface area contributed by atoms with E-state index in [1.165, 1.54) is 6.07 Å². The molecule has 142 valence electrons. The molecule has 0 bridgehead atoms. The van der Waals surface area contributed by atoms with Gasteiger partial charge in [0.2, 0.25) is 0 Å². The summed E-state index contributed by atoms with van der Waals surface area (Å²) in [5.74, 6) is -1.68. The molecule has 0 atom stereocenters. The zero-order valence-corrected chi connectivity index (χ0v) is 15.8. The Morgan fingerprint density at radius 1 is 1.04 bits per heavy atom. The molecule has 2 aromatic rings. The van der Waals surface area contributed by atoms with Crippen LogP contribution in [0.15, 0.2) is 42.5 Å². The van der Waals surface area contributed by atoms with E-state index in [2.05, 4.69) is 22.6 Å². The van der Waals surface area contributed by atoms with Crippen LogP contribution in [0, 0.1) is 17.6 Å². The Morgan fingerprint density at radius 3 is 2.37 bits per heavy atom. The molecule has 0 saturated carbocycles. The minimum Gasteiger partial charge on any atom is -0.332 e. The fraction of sp³-hybridized carbons (Fsp3) is 0.300. The number of halogens is 2. The molecule has 0 aliphatic carbocycles. The average molecular weight is 389 g/mol. The summed E-state index contributed by atoms with van der Waals surface area (Å²) >= 11 is 5.21. The van der Waals surface area contributed by atoms with E-state index < -0.39 is 11.6 Å². The van der Waals surface area contributed by atoms with Gasteiger partial charge < -0.3 is 15.5 Å². The predicted molar refractivity (Wildman–Crippen MR) is 107 cm³/mol. The first-order valence-electron chi connectivity index (χ1n) is 8.78. The number of ketones is 1. The molecule has 4 nitrogen and oxygen atoms in total. The number of carbonyl (C=O) groups is 1. The highest BCUT2D eigenvalue weighted by Gasteiger charge is 2.24. The summed E-state index contributed by atoms with van der Waals surface area (Å²) in [5, 5.41) is 6.00. The largest absolute Gasteiger partial charge is 0.332 e. The van der Waals surface area contributed by atoms with Crippen LogP contribution >= 0.6 is 12.2 Å². The number of benzene rings is 2. The molecule has 2 N–H and O–H groups in total. The normalized spacial score (nSPS) is 15.4. The third-order valence-corrected chi connectivity index (χ3v) is 4.88. The fourth-order valence-corrected chi connectivity index (χ4v) is 3.36. The summed E-state index contributed by atoms with van der Waals surface area (Å²) in [7, 11) is 2.06. The lowest BCUT2D eigenvalue weighted by Crippen LogP contribution is -2.33. The van der Waals surface area contributed by atoms with Gasteiger partial charge in [0, 0.05) is 28.9 Å². The number of likely N-dealkylation sites (tertiary alicyclic amines) is 1. The van der Waals surface area contributed by atoms with Crippen LogP contribution in [0.4, 0.5) is 20.2 Å². The van der Waals surface area contributed by atoms with Gasteiger partial charge in [-0.1, -0.05) is 12.1 Å². The van der Waals surface area contributed by atoms with Crippen LogP contribution in [0.25, 0.3) is 0 Å². The number of nitrogens with zero attached hydrogens (tertiary/aromatic N) is 1. The summed E-state index contributed by atoms with van der Waals surface area (Å²) in [6.45, 7) is 1.85. The molecule has 2 aromatic carbocycles. The lowest BCUT2D eigenvalue weighted by molar-refractivity contribution is 0.0857. The average Bonchev–Trinajstić information content (AvgIpc) is 2.65. The lowest BCUT2D eigenvalue weighted by Gasteiger charge is -2.28. The summed E-state index contributed by atoms with van der Waals surface area (Å²) in [4.78, 5) is 15.0. The predicted octanol–water partition coefficient (Wildman–Crippen LogP) is 4.30. The highest BCUT2D eigenvalue weighted by Crippen LogP contribution is 2.23.